The maximum atomic E-state index is 5.79. The Morgan fingerprint density at radius 3 is 2.45 bits per heavy atom. The van der Waals surface area contributed by atoms with Crippen molar-refractivity contribution >= 4 is 11.0 Å². The molecule has 3 rings (SSSR count). The highest BCUT2D eigenvalue weighted by molar-refractivity contribution is 5.78. The number of nitrogens with zero attached hydrogens (tertiary/aromatic N) is 3. The van der Waals surface area contributed by atoms with Gasteiger partial charge in [-0.05, 0) is 30.2 Å². The molecule has 0 aliphatic carbocycles. The maximum Gasteiger partial charge on any atom is 0.112 e. The van der Waals surface area contributed by atoms with Gasteiger partial charge in [0.1, 0.15) is 5.82 Å². The van der Waals surface area contributed by atoms with Crippen molar-refractivity contribution in [3.8, 4) is 0 Å². The zero-order valence-electron chi connectivity index (χ0n) is 12.8. The first-order valence-corrected chi connectivity index (χ1v) is 7.43. The quantitative estimate of drug-likeness (QED) is 0.933. The number of hydrogen-bond donors (Lipinski definition) is 1. The molecule has 0 bridgehead atoms. The first kappa shape index (κ1) is 13.6. The minimum Gasteiger partial charge on any atom is -0.331 e. The summed E-state index contributed by atoms with van der Waals surface area (Å²) in [5.41, 5.74) is 11.0. The molecule has 0 fully saturated rings. The van der Waals surface area contributed by atoms with E-state index in [-0.39, 0.29) is 0 Å². The molecule has 20 heavy (non-hydrogen) atoms. The van der Waals surface area contributed by atoms with E-state index in [1.54, 1.807) is 0 Å². The largest absolute Gasteiger partial charge is 0.331 e. The summed E-state index contributed by atoms with van der Waals surface area (Å²) in [5.74, 6) is 1.62. The lowest BCUT2D eigenvalue weighted by Crippen LogP contribution is -2.34. The summed E-state index contributed by atoms with van der Waals surface area (Å²) in [6.07, 6.45) is 0. The number of fused-ring (bicyclic) bond motifs is 2. The Morgan fingerprint density at radius 2 is 1.85 bits per heavy atom. The summed E-state index contributed by atoms with van der Waals surface area (Å²) in [6, 6.07) is 5.01. The van der Waals surface area contributed by atoms with E-state index in [0.717, 1.165) is 24.4 Å². The van der Waals surface area contributed by atoms with Crippen LogP contribution in [0.4, 0.5) is 0 Å². The number of aryl methyl sites for hydroxylation is 1. The normalized spacial score (nSPS) is 17.1. The van der Waals surface area contributed by atoms with E-state index in [4.69, 9.17) is 10.7 Å². The Balaban J connectivity index is 2.02. The fourth-order valence-electron chi connectivity index (χ4n) is 3.11. The van der Waals surface area contributed by atoms with E-state index < -0.39 is 0 Å². The summed E-state index contributed by atoms with van der Waals surface area (Å²) in [4.78, 5) is 7.24. The molecule has 1 aromatic carbocycles. The van der Waals surface area contributed by atoms with Gasteiger partial charge in [-0.1, -0.05) is 13.8 Å². The van der Waals surface area contributed by atoms with Crippen LogP contribution in [0.5, 0.6) is 0 Å². The lowest BCUT2D eigenvalue weighted by atomic mass is 10.1. The van der Waals surface area contributed by atoms with Gasteiger partial charge in [-0.25, -0.2) is 4.98 Å². The van der Waals surface area contributed by atoms with Crippen LogP contribution < -0.4 is 5.73 Å². The molecule has 2 heterocycles. The molecule has 108 valence electrons. The highest BCUT2D eigenvalue weighted by Crippen LogP contribution is 2.30. The smallest absolute Gasteiger partial charge is 0.112 e. The predicted octanol–water partition coefficient (Wildman–Crippen LogP) is 2.36. The van der Waals surface area contributed by atoms with E-state index in [9.17, 15) is 0 Å². The molecule has 1 aliphatic rings. The molecule has 0 amide bonds. The Bertz CT molecular complexity index is 641. The van der Waals surface area contributed by atoms with Crippen molar-refractivity contribution in [3.05, 3.63) is 29.1 Å². The van der Waals surface area contributed by atoms with Gasteiger partial charge in [0.25, 0.3) is 0 Å². The SMILES string of the molecule is CC(C)c1nc2cc3c(cc2n1C)CN(C(C)CN)C3. The Morgan fingerprint density at radius 1 is 1.20 bits per heavy atom. The van der Waals surface area contributed by atoms with Crippen LogP contribution >= 0.6 is 0 Å². The third-order valence-corrected chi connectivity index (χ3v) is 4.46. The maximum absolute atomic E-state index is 5.79. The average molecular weight is 272 g/mol. The van der Waals surface area contributed by atoms with Crippen LogP contribution in [0.15, 0.2) is 12.1 Å². The lowest BCUT2D eigenvalue weighted by molar-refractivity contribution is 0.218. The number of benzene rings is 1. The van der Waals surface area contributed by atoms with Crippen molar-refractivity contribution < 1.29 is 0 Å². The molecule has 1 aliphatic heterocycles. The zero-order chi connectivity index (χ0) is 14.4. The number of rotatable bonds is 3. The second-order valence-electron chi connectivity index (χ2n) is 6.28. The van der Waals surface area contributed by atoms with Crippen molar-refractivity contribution in [1.29, 1.82) is 0 Å². The molecule has 1 atom stereocenters. The average Bonchev–Trinajstić information content (AvgIpc) is 2.97. The van der Waals surface area contributed by atoms with E-state index in [1.165, 1.54) is 16.6 Å². The highest BCUT2D eigenvalue weighted by Gasteiger charge is 2.24. The molecule has 0 saturated carbocycles. The van der Waals surface area contributed by atoms with Crippen molar-refractivity contribution in [1.82, 2.24) is 14.5 Å². The van der Waals surface area contributed by atoms with Crippen LogP contribution in [-0.4, -0.2) is 27.0 Å². The standard InChI is InChI=1S/C16H24N4/c1-10(2)16-18-14-5-12-8-20(11(3)7-17)9-13(12)6-15(14)19(16)4/h5-6,10-11H,7-9,17H2,1-4H3. The minimum absolute atomic E-state index is 0.435. The Hall–Kier alpha value is -1.39. The first-order chi connectivity index (χ1) is 9.51. The Labute approximate surface area is 120 Å². The van der Waals surface area contributed by atoms with Crippen LogP contribution in [-0.2, 0) is 20.1 Å². The van der Waals surface area contributed by atoms with Gasteiger partial charge in [0, 0.05) is 38.6 Å². The van der Waals surface area contributed by atoms with Gasteiger partial charge in [0.2, 0.25) is 0 Å². The second kappa shape index (κ2) is 4.86. The number of aromatic nitrogens is 2. The zero-order valence-corrected chi connectivity index (χ0v) is 12.8. The van der Waals surface area contributed by atoms with Gasteiger partial charge in [-0.2, -0.15) is 0 Å². The van der Waals surface area contributed by atoms with E-state index in [1.807, 2.05) is 0 Å². The second-order valence-corrected chi connectivity index (χ2v) is 6.28. The molecule has 1 aromatic heterocycles. The fourth-order valence-corrected chi connectivity index (χ4v) is 3.11. The molecule has 0 spiro atoms. The summed E-state index contributed by atoms with van der Waals surface area (Å²) in [7, 11) is 2.12. The van der Waals surface area contributed by atoms with Gasteiger partial charge in [0.05, 0.1) is 11.0 Å². The molecule has 0 saturated heterocycles. The summed E-state index contributed by atoms with van der Waals surface area (Å²) >= 11 is 0. The first-order valence-electron chi connectivity index (χ1n) is 7.43. The van der Waals surface area contributed by atoms with Crippen molar-refractivity contribution in [2.75, 3.05) is 6.54 Å². The van der Waals surface area contributed by atoms with Crippen molar-refractivity contribution in [3.63, 3.8) is 0 Å². The van der Waals surface area contributed by atoms with Gasteiger partial charge in [-0.15, -0.1) is 0 Å². The highest BCUT2D eigenvalue weighted by atomic mass is 15.2. The topological polar surface area (TPSA) is 47.1 Å². The summed E-state index contributed by atoms with van der Waals surface area (Å²) in [6.45, 7) is 9.30. The number of nitrogens with two attached hydrogens (primary N) is 1. The third-order valence-electron chi connectivity index (χ3n) is 4.46. The molecule has 4 heteroatoms. The molecular weight excluding hydrogens is 248 g/mol. The fraction of sp³-hybridized carbons (Fsp3) is 0.562. The van der Waals surface area contributed by atoms with Crippen LogP contribution in [0.2, 0.25) is 0 Å². The number of imidazole rings is 1. The van der Waals surface area contributed by atoms with Crippen LogP contribution in [0, 0.1) is 0 Å². The van der Waals surface area contributed by atoms with Crippen molar-refractivity contribution in [2.45, 2.75) is 45.8 Å². The van der Waals surface area contributed by atoms with Gasteiger partial charge in [0.15, 0.2) is 0 Å². The van der Waals surface area contributed by atoms with E-state index in [2.05, 4.69) is 49.4 Å². The lowest BCUT2D eigenvalue weighted by Gasteiger charge is -2.21. The summed E-state index contributed by atoms with van der Waals surface area (Å²) in [5, 5.41) is 0. The number of hydrogen-bond acceptors (Lipinski definition) is 3. The Kier molecular flexibility index (Phi) is 3.30. The molecular formula is C16H24N4. The van der Waals surface area contributed by atoms with Crippen LogP contribution in [0.3, 0.4) is 0 Å². The van der Waals surface area contributed by atoms with E-state index >= 15 is 0 Å². The summed E-state index contributed by atoms with van der Waals surface area (Å²) < 4.78 is 2.23. The van der Waals surface area contributed by atoms with Crippen molar-refractivity contribution in [2.24, 2.45) is 12.8 Å². The van der Waals surface area contributed by atoms with Gasteiger partial charge >= 0.3 is 0 Å². The van der Waals surface area contributed by atoms with Crippen LogP contribution in [0.1, 0.15) is 43.6 Å². The van der Waals surface area contributed by atoms with Gasteiger partial charge in [-0.3, -0.25) is 4.90 Å². The molecule has 0 radical (unpaired) electrons. The van der Waals surface area contributed by atoms with E-state index in [0.29, 0.717) is 18.5 Å². The monoisotopic (exact) mass is 272 g/mol. The van der Waals surface area contributed by atoms with Crippen LogP contribution in [0.25, 0.3) is 11.0 Å². The molecule has 4 nitrogen and oxygen atoms in total. The van der Waals surface area contributed by atoms with Gasteiger partial charge < -0.3 is 10.3 Å². The molecule has 2 N–H and O–H groups in total. The minimum atomic E-state index is 0.435. The molecule has 2 aromatic rings. The molecule has 1 unspecified atom stereocenters. The predicted molar refractivity (Wildman–Crippen MR) is 82.6 cm³/mol. The third kappa shape index (κ3) is 2.03.